The zero-order valence-corrected chi connectivity index (χ0v) is 15.5. The van der Waals surface area contributed by atoms with Crippen LogP contribution in [0.15, 0.2) is 77.2 Å². The molecular weight excluding hydrogens is 356 g/mol. The predicted octanol–water partition coefficient (Wildman–Crippen LogP) is 2.28. The molecule has 0 spiro atoms. The van der Waals surface area contributed by atoms with Crippen LogP contribution in [0.25, 0.3) is 10.9 Å². The van der Waals surface area contributed by atoms with Gasteiger partial charge in [0.25, 0.3) is 6.02 Å². The smallest absolute Gasteiger partial charge is 0.338 e. The number of aryl methyl sites for hydroxylation is 1. The lowest BCUT2D eigenvalue weighted by Crippen LogP contribution is -2.45. The fraction of sp³-hybridized carbons (Fsp3) is 0.143. The van der Waals surface area contributed by atoms with E-state index in [1.165, 1.54) is 7.11 Å². The molecule has 0 amide bonds. The summed E-state index contributed by atoms with van der Waals surface area (Å²) in [4.78, 5) is 17.1. The van der Waals surface area contributed by atoms with Crippen LogP contribution in [-0.4, -0.2) is 28.8 Å². The van der Waals surface area contributed by atoms with E-state index in [9.17, 15) is 9.90 Å². The van der Waals surface area contributed by atoms with Crippen LogP contribution in [-0.2, 0) is 22.1 Å². The van der Waals surface area contributed by atoms with Gasteiger partial charge in [0.15, 0.2) is 5.54 Å². The number of rotatable bonds is 3. The largest absolute Gasteiger partial charge is 0.478 e. The summed E-state index contributed by atoms with van der Waals surface area (Å²) in [7, 11) is 3.38. The first kappa shape index (κ1) is 17.7. The second-order valence-electron chi connectivity index (χ2n) is 6.59. The highest BCUT2D eigenvalue weighted by atomic mass is 16.5. The Balaban J connectivity index is 2.18. The summed E-state index contributed by atoms with van der Waals surface area (Å²) < 4.78 is 7.29. The van der Waals surface area contributed by atoms with Gasteiger partial charge in [-0.25, -0.2) is 9.79 Å². The van der Waals surface area contributed by atoms with Gasteiger partial charge in [-0.2, -0.15) is 0 Å². The minimum absolute atomic E-state index is 0.00358. The lowest BCUT2D eigenvalue weighted by molar-refractivity contribution is -0.133. The Bertz CT molecular complexity index is 1130. The SMILES string of the molecule is COC1=NC(c2ccccc2)(c2cn(C)c3ccccc23)C(C(=O)O)=C(N)N1. The zero-order chi connectivity index (χ0) is 19.9. The summed E-state index contributed by atoms with van der Waals surface area (Å²) in [6, 6.07) is 17.2. The molecule has 7 nitrogen and oxygen atoms in total. The fourth-order valence-electron chi connectivity index (χ4n) is 3.84. The number of aromatic nitrogens is 1. The molecular formula is C21H20N4O3. The van der Waals surface area contributed by atoms with Gasteiger partial charge in [-0.1, -0.05) is 48.5 Å². The average molecular weight is 376 g/mol. The van der Waals surface area contributed by atoms with E-state index in [4.69, 9.17) is 15.5 Å². The van der Waals surface area contributed by atoms with Crippen LogP contribution in [0, 0.1) is 0 Å². The third-order valence-electron chi connectivity index (χ3n) is 5.03. The van der Waals surface area contributed by atoms with E-state index in [0.717, 1.165) is 10.9 Å². The van der Waals surface area contributed by atoms with Crippen molar-refractivity contribution in [3.8, 4) is 0 Å². The zero-order valence-electron chi connectivity index (χ0n) is 15.5. The number of carboxylic acid groups (broad SMARTS) is 1. The Morgan fingerprint density at radius 3 is 2.54 bits per heavy atom. The van der Waals surface area contributed by atoms with E-state index in [1.54, 1.807) is 0 Å². The number of amidine groups is 1. The molecule has 142 valence electrons. The number of benzene rings is 2. The first-order valence-electron chi connectivity index (χ1n) is 8.73. The number of ether oxygens (including phenoxy) is 1. The highest BCUT2D eigenvalue weighted by Gasteiger charge is 2.48. The van der Waals surface area contributed by atoms with Gasteiger partial charge in [-0.3, -0.25) is 5.32 Å². The highest BCUT2D eigenvalue weighted by Crippen LogP contribution is 2.46. The summed E-state index contributed by atoms with van der Waals surface area (Å²) in [6.45, 7) is 0. The average Bonchev–Trinajstić information content (AvgIpc) is 3.05. The van der Waals surface area contributed by atoms with E-state index >= 15 is 0 Å². The van der Waals surface area contributed by atoms with Gasteiger partial charge in [-0.15, -0.1) is 0 Å². The monoisotopic (exact) mass is 376 g/mol. The van der Waals surface area contributed by atoms with Crippen molar-refractivity contribution in [2.45, 2.75) is 5.54 Å². The third-order valence-corrected chi connectivity index (χ3v) is 5.03. The molecule has 0 aliphatic carbocycles. The molecule has 0 radical (unpaired) electrons. The lowest BCUT2D eigenvalue weighted by atomic mass is 9.76. The van der Waals surface area contributed by atoms with E-state index in [1.807, 2.05) is 72.4 Å². The number of fused-ring (bicyclic) bond motifs is 1. The van der Waals surface area contributed by atoms with Crippen molar-refractivity contribution in [1.82, 2.24) is 9.88 Å². The first-order valence-corrected chi connectivity index (χ1v) is 8.73. The van der Waals surface area contributed by atoms with Gasteiger partial charge < -0.3 is 20.1 Å². The van der Waals surface area contributed by atoms with Crippen LogP contribution in [0.5, 0.6) is 0 Å². The van der Waals surface area contributed by atoms with Crippen LogP contribution >= 0.6 is 0 Å². The summed E-state index contributed by atoms with van der Waals surface area (Å²) in [5.41, 5.74) is 7.12. The molecule has 4 rings (SSSR count). The van der Waals surface area contributed by atoms with Gasteiger partial charge >= 0.3 is 5.97 Å². The van der Waals surface area contributed by atoms with E-state index in [2.05, 4.69) is 5.32 Å². The summed E-state index contributed by atoms with van der Waals surface area (Å²) in [6.07, 6.45) is 1.90. The Labute approximate surface area is 161 Å². The molecule has 0 saturated heterocycles. The van der Waals surface area contributed by atoms with E-state index in [-0.39, 0.29) is 17.4 Å². The summed E-state index contributed by atoms with van der Waals surface area (Å²) in [5.74, 6) is -1.16. The second kappa shape index (κ2) is 6.45. The molecule has 1 unspecified atom stereocenters. The van der Waals surface area contributed by atoms with Crippen molar-refractivity contribution in [1.29, 1.82) is 0 Å². The molecule has 1 atom stereocenters. The number of carboxylic acids is 1. The number of nitrogens with zero attached hydrogens (tertiary/aromatic N) is 2. The molecule has 0 saturated carbocycles. The Kier molecular flexibility index (Phi) is 4.07. The molecule has 28 heavy (non-hydrogen) atoms. The number of nitrogens with one attached hydrogen (secondary N) is 1. The number of hydrogen-bond acceptors (Lipinski definition) is 5. The standard InChI is InChI=1S/C21H20N4O3/c1-25-12-15(14-10-6-7-11-16(14)25)21(13-8-4-3-5-9-13)17(19(26)27)18(22)23-20(24-21)28-2/h3-12H,22H2,1-2H3,(H,23,24)(H,26,27). The molecule has 2 heterocycles. The van der Waals surface area contributed by atoms with Gasteiger partial charge in [-0.05, 0) is 11.6 Å². The molecule has 0 bridgehead atoms. The van der Waals surface area contributed by atoms with E-state index in [0.29, 0.717) is 11.1 Å². The maximum Gasteiger partial charge on any atom is 0.338 e. The van der Waals surface area contributed by atoms with Gasteiger partial charge in [0.1, 0.15) is 11.4 Å². The molecule has 2 aromatic carbocycles. The minimum Gasteiger partial charge on any atom is -0.478 e. The number of carbonyl (C=O) groups is 1. The fourth-order valence-corrected chi connectivity index (χ4v) is 3.84. The van der Waals surface area contributed by atoms with E-state index < -0.39 is 11.5 Å². The normalized spacial score (nSPS) is 19.3. The topological polar surface area (TPSA) is 102 Å². The van der Waals surface area contributed by atoms with Crippen LogP contribution in [0.1, 0.15) is 11.1 Å². The number of nitrogens with two attached hydrogens (primary N) is 1. The number of aliphatic carboxylic acids is 1. The maximum atomic E-state index is 12.4. The van der Waals surface area contributed by atoms with Crippen molar-refractivity contribution < 1.29 is 14.6 Å². The van der Waals surface area contributed by atoms with Crippen molar-refractivity contribution in [2.75, 3.05) is 7.11 Å². The summed E-state index contributed by atoms with van der Waals surface area (Å²) in [5, 5.41) is 13.7. The molecule has 7 heteroatoms. The van der Waals surface area contributed by atoms with Crippen molar-refractivity contribution in [2.24, 2.45) is 17.8 Å². The highest BCUT2D eigenvalue weighted by molar-refractivity contribution is 5.98. The van der Waals surface area contributed by atoms with Gasteiger partial charge in [0.2, 0.25) is 0 Å². The summed E-state index contributed by atoms with van der Waals surface area (Å²) >= 11 is 0. The third kappa shape index (κ3) is 2.44. The number of para-hydroxylation sites is 1. The van der Waals surface area contributed by atoms with Gasteiger partial charge in [0.05, 0.1) is 7.11 Å². The Hall–Kier alpha value is -3.74. The molecule has 1 aliphatic heterocycles. The predicted molar refractivity (Wildman–Crippen MR) is 107 cm³/mol. The molecule has 1 aromatic heterocycles. The quantitative estimate of drug-likeness (QED) is 0.651. The number of hydrogen-bond donors (Lipinski definition) is 3. The van der Waals surface area contributed by atoms with Crippen molar-refractivity contribution >= 4 is 22.9 Å². The molecule has 1 aliphatic rings. The molecule has 3 aromatic rings. The van der Waals surface area contributed by atoms with Crippen molar-refractivity contribution in [3.05, 3.63) is 83.3 Å². The van der Waals surface area contributed by atoms with Crippen LogP contribution in [0.3, 0.4) is 0 Å². The Morgan fingerprint density at radius 2 is 1.86 bits per heavy atom. The first-order chi connectivity index (χ1) is 13.5. The maximum absolute atomic E-state index is 12.4. The second-order valence-corrected chi connectivity index (χ2v) is 6.59. The lowest BCUT2D eigenvalue weighted by Gasteiger charge is -2.35. The molecule has 4 N–H and O–H groups in total. The number of aliphatic imine (C=N–C) groups is 1. The van der Waals surface area contributed by atoms with Crippen LogP contribution in [0.2, 0.25) is 0 Å². The van der Waals surface area contributed by atoms with Crippen LogP contribution < -0.4 is 11.1 Å². The number of methoxy groups -OCH3 is 1. The molecule has 0 fully saturated rings. The van der Waals surface area contributed by atoms with Crippen LogP contribution in [0.4, 0.5) is 0 Å². The Morgan fingerprint density at radius 1 is 1.18 bits per heavy atom. The van der Waals surface area contributed by atoms with Crippen molar-refractivity contribution in [3.63, 3.8) is 0 Å². The minimum atomic E-state index is -1.37. The van der Waals surface area contributed by atoms with Gasteiger partial charge in [0, 0.05) is 29.7 Å².